The van der Waals surface area contributed by atoms with Gasteiger partial charge in [0.25, 0.3) is 0 Å². The summed E-state index contributed by atoms with van der Waals surface area (Å²) in [5.74, 6) is 2.03. The maximum atomic E-state index is 11.2. The van der Waals surface area contributed by atoms with Crippen molar-refractivity contribution in [1.82, 2.24) is 4.90 Å². The smallest absolute Gasteiger partial charge is 0.219 e. The number of aliphatic hydroxyl groups is 1. The molecule has 104 valence electrons. The molecule has 1 amide bonds. The van der Waals surface area contributed by atoms with Crippen LogP contribution in [0.15, 0.2) is 12.7 Å². The minimum Gasteiger partial charge on any atom is -0.395 e. The molecule has 0 aromatic heterocycles. The van der Waals surface area contributed by atoms with Crippen molar-refractivity contribution in [3.05, 3.63) is 12.7 Å². The van der Waals surface area contributed by atoms with E-state index in [1.54, 1.807) is 16.7 Å². The summed E-state index contributed by atoms with van der Waals surface area (Å²) in [5.41, 5.74) is 0. The third-order valence-electron chi connectivity index (χ3n) is 2.47. The van der Waals surface area contributed by atoms with E-state index >= 15 is 0 Å². The van der Waals surface area contributed by atoms with E-state index in [1.807, 2.05) is 0 Å². The molecule has 0 radical (unpaired) electrons. The molecule has 0 aromatic rings. The molecular weight excluding hydrogens is 250 g/mol. The van der Waals surface area contributed by atoms with E-state index in [1.165, 1.54) is 13.0 Å². The molecule has 18 heavy (non-hydrogen) atoms. The fraction of sp³-hybridized carbons (Fsp3) is 0.692. The number of carbonyl (C=O) groups excluding carboxylic acids is 2. The Bertz CT molecular complexity index is 269. The van der Waals surface area contributed by atoms with Crippen LogP contribution in [0.2, 0.25) is 0 Å². The lowest BCUT2D eigenvalue weighted by Gasteiger charge is -2.19. The number of hydrogen-bond acceptors (Lipinski definition) is 4. The van der Waals surface area contributed by atoms with Crippen LogP contribution >= 0.6 is 11.8 Å². The lowest BCUT2D eigenvalue weighted by Crippen LogP contribution is -2.32. The number of hydrogen-bond donors (Lipinski definition) is 1. The summed E-state index contributed by atoms with van der Waals surface area (Å²) in [7, 11) is 0. The normalized spacial score (nSPS) is 10.1. The van der Waals surface area contributed by atoms with Gasteiger partial charge in [0, 0.05) is 26.4 Å². The molecule has 0 aliphatic rings. The predicted octanol–water partition coefficient (Wildman–Crippen LogP) is 1.49. The first-order valence-electron chi connectivity index (χ1n) is 6.21. The highest BCUT2D eigenvalue weighted by atomic mass is 32.2. The predicted molar refractivity (Wildman–Crippen MR) is 75.7 cm³/mol. The fourth-order valence-corrected chi connectivity index (χ4v) is 2.34. The van der Waals surface area contributed by atoms with Crippen LogP contribution in [0.25, 0.3) is 0 Å². The molecule has 0 aromatic carbocycles. The van der Waals surface area contributed by atoms with E-state index < -0.39 is 0 Å². The molecule has 0 bridgehead atoms. The van der Waals surface area contributed by atoms with Gasteiger partial charge in [-0.05, 0) is 30.4 Å². The summed E-state index contributed by atoms with van der Waals surface area (Å²) < 4.78 is 0. The topological polar surface area (TPSA) is 57.6 Å². The van der Waals surface area contributed by atoms with Crippen LogP contribution in [0.3, 0.4) is 0 Å². The van der Waals surface area contributed by atoms with Crippen LogP contribution in [0, 0.1) is 0 Å². The minimum atomic E-state index is 0.00521. The summed E-state index contributed by atoms with van der Waals surface area (Å²) in [6.07, 6.45) is 3.73. The number of aliphatic hydroxyl groups excluding tert-OH is 1. The second-order valence-corrected chi connectivity index (χ2v) is 5.19. The van der Waals surface area contributed by atoms with Gasteiger partial charge in [-0.2, -0.15) is 11.8 Å². The average molecular weight is 273 g/mol. The van der Waals surface area contributed by atoms with Gasteiger partial charge in [0.2, 0.25) is 5.91 Å². The molecule has 0 fully saturated rings. The highest BCUT2D eigenvalue weighted by Crippen LogP contribution is 2.07. The van der Waals surface area contributed by atoms with Gasteiger partial charge < -0.3 is 10.0 Å². The Labute approximate surface area is 113 Å². The molecule has 0 rings (SSSR count). The average Bonchev–Trinajstić information content (AvgIpc) is 2.35. The number of rotatable bonds is 11. The van der Waals surface area contributed by atoms with Crippen molar-refractivity contribution >= 4 is 23.5 Å². The number of ketones is 1. The second kappa shape index (κ2) is 11.3. The zero-order valence-corrected chi connectivity index (χ0v) is 11.9. The van der Waals surface area contributed by atoms with Crippen molar-refractivity contribution in [2.45, 2.75) is 26.2 Å². The number of allylic oxidation sites excluding steroid dienone is 1. The van der Waals surface area contributed by atoms with Crippen molar-refractivity contribution in [1.29, 1.82) is 0 Å². The molecule has 0 saturated carbocycles. The summed E-state index contributed by atoms with van der Waals surface area (Å²) in [6.45, 7) is 6.06. The SMILES string of the molecule is C=CC(=O)CCCSCCCN(CCO)C(C)=O. The van der Waals surface area contributed by atoms with Crippen LogP contribution < -0.4 is 0 Å². The molecule has 1 N–H and O–H groups in total. The summed E-state index contributed by atoms with van der Waals surface area (Å²) in [5, 5.41) is 8.79. The van der Waals surface area contributed by atoms with Crippen molar-refractivity contribution in [3.63, 3.8) is 0 Å². The van der Waals surface area contributed by atoms with Crippen molar-refractivity contribution in [2.75, 3.05) is 31.2 Å². The Morgan fingerprint density at radius 2 is 1.94 bits per heavy atom. The lowest BCUT2D eigenvalue weighted by molar-refractivity contribution is -0.129. The molecular formula is C13H23NO3S. The Morgan fingerprint density at radius 1 is 1.28 bits per heavy atom. The monoisotopic (exact) mass is 273 g/mol. The van der Waals surface area contributed by atoms with Crippen molar-refractivity contribution < 1.29 is 14.7 Å². The van der Waals surface area contributed by atoms with E-state index in [0.29, 0.717) is 19.5 Å². The highest BCUT2D eigenvalue weighted by molar-refractivity contribution is 7.99. The fourth-order valence-electron chi connectivity index (χ4n) is 1.46. The largest absolute Gasteiger partial charge is 0.395 e. The molecule has 4 nitrogen and oxygen atoms in total. The summed E-state index contributed by atoms with van der Waals surface area (Å²) in [4.78, 5) is 23.8. The van der Waals surface area contributed by atoms with E-state index in [9.17, 15) is 9.59 Å². The molecule has 5 heteroatoms. The van der Waals surface area contributed by atoms with Gasteiger partial charge in [0.15, 0.2) is 5.78 Å². The van der Waals surface area contributed by atoms with Crippen LogP contribution in [-0.4, -0.2) is 52.9 Å². The molecule has 0 aliphatic heterocycles. The van der Waals surface area contributed by atoms with Gasteiger partial charge in [0.1, 0.15) is 0 Å². The first-order chi connectivity index (χ1) is 8.61. The standard InChI is InChI=1S/C13H23NO3S/c1-3-13(17)6-4-10-18-11-5-7-14(8-9-15)12(2)16/h3,15H,1,4-11H2,2H3. The number of amides is 1. The molecule has 0 saturated heterocycles. The Kier molecular flexibility index (Phi) is 10.8. The van der Waals surface area contributed by atoms with E-state index in [0.717, 1.165) is 24.3 Å². The Balaban J connectivity index is 3.46. The van der Waals surface area contributed by atoms with Crippen molar-refractivity contribution in [3.8, 4) is 0 Å². The number of thioether (sulfide) groups is 1. The van der Waals surface area contributed by atoms with E-state index in [2.05, 4.69) is 6.58 Å². The lowest BCUT2D eigenvalue weighted by atomic mass is 10.2. The van der Waals surface area contributed by atoms with Crippen molar-refractivity contribution in [2.24, 2.45) is 0 Å². The van der Waals surface area contributed by atoms with Gasteiger partial charge in [-0.15, -0.1) is 0 Å². The van der Waals surface area contributed by atoms with Gasteiger partial charge in [0.05, 0.1) is 6.61 Å². The third-order valence-corrected chi connectivity index (χ3v) is 3.63. The zero-order chi connectivity index (χ0) is 13.8. The van der Waals surface area contributed by atoms with E-state index in [-0.39, 0.29) is 18.3 Å². The maximum Gasteiger partial charge on any atom is 0.219 e. The summed E-state index contributed by atoms with van der Waals surface area (Å²) in [6, 6.07) is 0. The molecule has 0 unspecified atom stereocenters. The quantitative estimate of drug-likeness (QED) is 0.458. The highest BCUT2D eigenvalue weighted by Gasteiger charge is 2.06. The van der Waals surface area contributed by atoms with Crippen LogP contribution in [-0.2, 0) is 9.59 Å². The molecule has 0 atom stereocenters. The van der Waals surface area contributed by atoms with Gasteiger partial charge in [-0.25, -0.2) is 0 Å². The van der Waals surface area contributed by atoms with E-state index in [4.69, 9.17) is 5.11 Å². The Hall–Kier alpha value is -0.810. The minimum absolute atomic E-state index is 0.00521. The van der Waals surface area contributed by atoms with Crippen LogP contribution in [0.1, 0.15) is 26.2 Å². The van der Waals surface area contributed by atoms with Gasteiger partial charge in [-0.3, -0.25) is 9.59 Å². The Morgan fingerprint density at radius 3 is 2.50 bits per heavy atom. The van der Waals surface area contributed by atoms with Gasteiger partial charge >= 0.3 is 0 Å². The zero-order valence-electron chi connectivity index (χ0n) is 11.1. The first-order valence-corrected chi connectivity index (χ1v) is 7.36. The molecule has 0 heterocycles. The van der Waals surface area contributed by atoms with Crippen LogP contribution in [0.5, 0.6) is 0 Å². The van der Waals surface area contributed by atoms with Crippen LogP contribution in [0.4, 0.5) is 0 Å². The van der Waals surface area contributed by atoms with Gasteiger partial charge in [-0.1, -0.05) is 6.58 Å². The first kappa shape index (κ1) is 17.2. The molecule has 0 spiro atoms. The molecule has 0 aliphatic carbocycles. The maximum absolute atomic E-state index is 11.2. The third kappa shape index (κ3) is 9.24. The number of nitrogens with zero attached hydrogens (tertiary/aromatic N) is 1. The summed E-state index contributed by atoms with van der Waals surface area (Å²) >= 11 is 1.79. The second-order valence-electron chi connectivity index (χ2n) is 3.97. The number of carbonyl (C=O) groups is 2.